The molecule has 0 aromatic carbocycles. The zero-order valence-electron chi connectivity index (χ0n) is 18.8. The highest BCUT2D eigenvalue weighted by Crippen LogP contribution is 2.27. The Labute approximate surface area is 185 Å². The Morgan fingerprint density at radius 2 is 2.00 bits per heavy atom. The molecule has 0 unspecified atom stereocenters. The summed E-state index contributed by atoms with van der Waals surface area (Å²) in [6.07, 6.45) is 7.87. The summed E-state index contributed by atoms with van der Waals surface area (Å²) in [6, 6.07) is 0.374. The van der Waals surface area contributed by atoms with Crippen LogP contribution in [-0.4, -0.2) is 63.5 Å². The van der Waals surface area contributed by atoms with Crippen LogP contribution in [0.2, 0.25) is 0 Å². The van der Waals surface area contributed by atoms with Crippen molar-refractivity contribution in [2.24, 2.45) is 16.8 Å². The van der Waals surface area contributed by atoms with Gasteiger partial charge in [0.15, 0.2) is 5.96 Å². The van der Waals surface area contributed by atoms with Gasteiger partial charge in [0.1, 0.15) is 12.4 Å². The molecular formula is C22H38N6OS. The van der Waals surface area contributed by atoms with E-state index >= 15 is 0 Å². The van der Waals surface area contributed by atoms with Crippen molar-refractivity contribution >= 4 is 23.6 Å². The average Bonchev–Trinajstić information content (AvgIpc) is 3.19. The van der Waals surface area contributed by atoms with Crippen molar-refractivity contribution in [1.82, 2.24) is 25.1 Å². The van der Waals surface area contributed by atoms with E-state index in [1.54, 1.807) is 0 Å². The van der Waals surface area contributed by atoms with E-state index in [1.165, 1.54) is 0 Å². The van der Waals surface area contributed by atoms with Crippen LogP contribution in [0.15, 0.2) is 17.4 Å². The Morgan fingerprint density at radius 1 is 1.27 bits per heavy atom. The maximum Gasteiger partial charge on any atom is 0.225 e. The standard InChI is InChI=1S/C22H38N6OS/c1-4-23-22(25-15-20-24-9-10-28(20)16-17(2)3)26-19-7-5-18(6-8-19)21(29)27-11-13-30-14-12-27/h9-10,17-19H,4-8,11-16H2,1-3H3,(H2,23,25,26). The summed E-state index contributed by atoms with van der Waals surface area (Å²) in [7, 11) is 0. The molecule has 0 radical (unpaired) electrons. The first-order chi connectivity index (χ1) is 14.6. The lowest BCUT2D eigenvalue weighted by atomic mass is 9.85. The molecule has 1 aliphatic heterocycles. The number of imidazole rings is 1. The number of amides is 1. The van der Waals surface area contributed by atoms with Gasteiger partial charge in [-0.1, -0.05) is 13.8 Å². The number of hydrogen-bond donors (Lipinski definition) is 2. The Hall–Kier alpha value is -1.70. The monoisotopic (exact) mass is 434 g/mol. The predicted molar refractivity (Wildman–Crippen MR) is 125 cm³/mol. The third kappa shape index (κ3) is 6.65. The summed E-state index contributed by atoms with van der Waals surface area (Å²) in [6.45, 7) is 10.7. The van der Waals surface area contributed by atoms with Crippen molar-refractivity contribution in [3.05, 3.63) is 18.2 Å². The van der Waals surface area contributed by atoms with E-state index < -0.39 is 0 Å². The molecule has 1 saturated carbocycles. The van der Waals surface area contributed by atoms with Gasteiger partial charge in [-0.25, -0.2) is 9.98 Å². The number of carbonyl (C=O) groups is 1. The summed E-state index contributed by atoms with van der Waals surface area (Å²) in [5.41, 5.74) is 0. The highest BCUT2D eigenvalue weighted by atomic mass is 32.2. The molecule has 2 heterocycles. The summed E-state index contributed by atoms with van der Waals surface area (Å²) < 4.78 is 2.19. The number of aliphatic imine (C=N–C) groups is 1. The third-order valence-corrected chi connectivity index (χ3v) is 6.77. The Bertz CT molecular complexity index is 690. The minimum absolute atomic E-state index is 0.203. The molecule has 1 aromatic heterocycles. The molecular weight excluding hydrogens is 396 g/mol. The van der Waals surface area contributed by atoms with Crippen LogP contribution in [-0.2, 0) is 17.9 Å². The SMILES string of the molecule is CCNC(=NCc1nccn1CC(C)C)NC1CCC(C(=O)N2CCSCC2)CC1. The van der Waals surface area contributed by atoms with E-state index in [9.17, 15) is 4.79 Å². The van der Waals surface area contributed by atoms with Gasteiger partial charge in [-0.2, -0.15) is 11.8 Å². The van der Waals surface area contributed by atoms with Crippen LogP contribution in [0.25, 0.3) is 0 Å². The van der Waals surface area contributed by atoms with Gasteiger partial charge in [0.25, 0.3) is 0 Å². The average molecular weight is 435 g/mol. The zero-order chi connectivity index (χ0) is 21.3. The minimum Gasteiger partial charge on any atom is -0.357 e. The molecule has 2 N–H and O–H groups in total. The number of carbonyl (C=O) groups excluding carboxylic acids is 1. The summed E-state index contributed by atoms with van der Waals surface area (Å²) in [5, 5.41) is 6.95. The number of aromatic nitrogens is 2. The first kappa shape index (κ1) is 23.0. The molecule has 0 spiro atoms. The van der Waals surface area contributed by atoms with Gasteiger partial charge in [-0.05, 0) is 38.5 Å². The molecule has 3 rings (SSSR count). The largest absolute Gasteiger partial charge is 0.357 e. The van der Waals surface area contributed by atoms with Crippen molar-refractivity contribution < 1.29 is 4.79 Å². The molecule has 0 bridgehead atoms. The second-order valence-corrected chi connectivity index (χ2v) is 9.94. The fraction of sp³-hybridized carbons (Fsp3) is 0.773. The fourth-order valence-electron chi connectivity index (χ4n) is 4.24. The molecule has 168 valence electrons. The number of nitrogens with one attached hydrogen (secondary N) is 2. The Balaban J connectivity index is 1.50. The van der Waals surface area contributed by atoms with Gasteiger partial charge < -0.3 is 20.1 Å². The predicted octanol–water partition coefficient (Wildman–Crippen LogP) is 2.73. The summed E-state index contributed by atoms with van der Waals surface area (Å²) in [5.74, 6) is 5.17. The minimum atomic E-state index is 0.203. The first-order valence-electron chi connectivity index (χ1n) is 11.5. The van der Waals surface area contributed by atoms with E-state index in [2.05, 4.69) is 45.9 Å². The van der Waals surface area contributed by atoms with E-state index in [-0.39, 0.29) is 5.92 Å². The molecule has 2 aliphatic rings. The van der Waals surface area contributed by atoms with Crippen LogP contribution >= 0.6 is 11.8 Å². The van der Waals surface area contributed by atoms with Crippen LogP contribution < -0.4 is 10.6 Å². The summed E-state index contributed by atoms with van der Waals surface area (Å²) >= 11 is 1.95. The van der Waals surface area contributed by atoms with Crippen molar-refractivity contribution in [3.63, 3.8) is 0 Å². The van der Waals surface area contributed by atoms with Gasteiger partial charge in [0, 0.05) is 62.0 Å². The quantitative estimate of drug-likeness (QED) is 0.510. The van der Waals surface area contributed by atoms with Crippen LogP contribution in [0.3, 0.4) is 0 Å². The summed E-state index contributed by atoms with van der Waals surface area (Å²) in [4.78, 5) is 24.1. The van der Waals surface area contributed by atoms with E-state index in [0.29, 0.717) is 24.4 Å². The molecule has 30 heavy (non-hydrogen) atoms. The molecule has 2 fully saturated rings. The molecule has 7 nitrogen and oxygen atoms in total. The first-order valence-corrected chi connectivity index (χ1v) is 12.6. The topological polar surface area (TPSA) is 74.5 Å². The number of guanidine groups is 1. The zero-order valence-corrected chi connectivity index (χ0v) is 19.6. The van der Waals surface area contributed by atoms with Crippen LogP contribution in [0, 0.1) is 11.8 Å². The second-order valence-electron chi connectivity index (χ2n) is 8.72. The maximum absolute atomic E-state index is 12.8. The maximum atomic E-state index is 12.8. The van der Waals surface area contributed by atoms with Crippen molar-refractivity contribution in [3.8, 4) is 0 Å². The highest BCUT2D eigenvalue weighted by Gasteiger charge is 2.30. The van der Waals surface area contributed by atoms with Gasteiger partial charge >= 0.3 is 0 Å². The molecule has 1 aromatic rings. The van der Waals surface area contributed by atoms with Crippen molar-refractivity contribution in [2.75, 3.05) is 31.1 Å². The van der Waals surface area contributed by atoms with E-state index in [4.69, 9.17) is 4.99 Å². The van der Waals surface area contributed by atoms with Gasteiger partial charge in [0.05, 0.1) is 0 Å². The number of nitrogens with zero attached hydrogens (tertiary/aromatic N) is 4. The highest BCUT2D eigenvalue weighted by molar-refractivity contribution is 7.99. The van der Waals surface area contributed by atoms with Crippen LogP contribution in [0.4, 0.5) is 0 Å². The number of hydrogen-bond acceptors (Lipinski definition) is 4. The van der Waals surface area contributed by atoms with Crippen molar-refractivity contribution in [1.29, 1.82) is 0 Å². The van der Waals surface area contributed by atoms with Crippen molar-refractivity contribution in [2.45, 2.75) is 65.6 Å². The lowest BCUT2D eigenvalue weighted by molar-refractivity contribution is -0.136. The smallest absolute Gasteiger partial charge is 0.225 e. The van der Waals surface area contributed by atoms with Crippen LogP contribution in [0.1, 0.15) is 52.3 Å². The number of rotatable bonds is 7. The van der Waals surface area contributed by atoms with Gasteiger partial charge in [-0.15, -0.1) is 0 Å². The lowest BCUT2D eigenvalue weighted by Gasteiger charge is -2.34. The second kappa shape index (κ2) is 11.6. The molecule has 8 heteroatoms. The van der Waals surface area contributed by atoms with Gasteiger partial charge in [0.2, 0.25) is 5.91 Å². The number of thioether (sulfide) groups is 1. The van der Waals surface area contributed by atoms with Gasteiger partial charge in [-0.3, -0.25) is 4.79 Å². The van der Waals surface area contributed by atoms with Crippen LogP contribution in [0.5, 0.6) is 0 Å². The van der Waals surface area contributed by atoms with E-state index in [0.717, 1.165) is 75.2 Å². The Kier molecular flexibility index (Phi) is 8.90. The third-order valence-electron chi connectivity index (χ3n) is 5.83. The molecule has 1 saturated heterocycles. The Morgan fingerprint density at radius 3 is 2.67 bits per heavy atom. The molecule has 1 aliphatic carbocycles. The van der Waals surface area contributed by atoms with E-state index in [1.807, 2.05) is 24.2 Å². The lowest BCUT2D eigenvalue weighted by Crippen LogP contribution is -2.47. The fourth-order valence-corrected chi connectivity index (χ4v) is 5.14. The normalized spacial score (nSPS) is 22.9. The molecule has 1 amide bonds. The molecule has 0 atom stereocenters.